The monoisotopic (exact) mass is 260 g/mol. The lowest BCUT2D eigenvalue weighted by atomic mass is 9.99. The molecule has 1 N–H and O–H groups in total. The molecule has 0 aliphatic rings. The van der Waals surface area contributed by atoms with Gasteiger partial charge in [0.2, 0.25) is 0 Å². The van der Waals surface area contributed by atoms with Crippen molar-refractivity contribution in [1.29, 1.82) is 0 Å². The van der Waals surface area contributed by atoms with E-state index < -0.39 is 4.92 Å². The van der Waals surface area contributed by atoms with Crippen LogP contribution >= 0.6 is 0 Å². The molecule has 0 aromatic heterocycles. The summed E-state index contributed by atoms with van der Waals surface area (Å²) >= 11 is 0. The van der Waals surface area contributed by atoms with Crippen LogP contribution in [0.2, 0.25) is 0 Å². The Bertz CT molecular complexity index is 614. The molecular formula is C14H13FN2O2. The van der Waals surface area contributed by atoms with E-state index >= 15 is 0 Å². The maximum atomic E-state index is 13.3. The molecule has 0 spiro atoms. The zero-order chi connectivity index (χ0) is 13.8. The molecule has 0 heterocycles. The van der Waals surface area contributed by atoms with Gasteiger partial charge in [-0.3, -0.25) is 10.1 Å². The number of hydrogen-bond acceptors (Lipinski definition) is 3. The normalized spacial score (nSPS) is 10.4. The van der Waals surface area contributed by atoms with Gasteiger partial charge in [0, 0.05) is 18.7 Å². The molecule has 2 aromatic rings. The summed E-state index contributed by atoms with van der Waals surface area (Å²) in [5, 5.41) is 13.7. The summed E-state index contributed by atoms with van der Waals surface area (Å²) in [6, 6.07) is 10.8. The molecule has 0 fully saturated rings. The number of nitro benzene ring substituents is 1. The second-order valence-electron chi connectivity index (χ2n) is 4.14. The average molecular weight is 260 g/mol. The van der Waals surface area contributed by atoms with E-state index in [-0.39, 0.29) is 11.5 Å². The van der Waals surface area contributed by atoms with E-state index in [1.165, 1.54) is 24.3 Å². The number of nitro groups is 1. The average Bonchev–Trinajstić information content (AvgIpc) is 2.39. The Hall–Kier alpha value is -2.27. The van der Waals surface area contributed by atoms with Gasteiger partial charge < -0.3 is 5.32 Å². The van der Waals surface area contributed by atoms with Crippen LogP contribution < -0.4 is 5.32 Å². The van der Waals surface area contributed by atoms with Gasteiger partial charge in [0.1, 0.15) is 5.82 Å². The molecule has 0 bridgehead atoms. The molecule has 0 unspecified atom stereocenters. The summed E-state index contributed by atoms with van der Waals surface area (Å²) in [7, 11) is 1.77. The van der Waals surface area contributed by atoms with Gasteiger partial charge in [-0.1, -0.05) is 18.2 Å². The van der Waals surface area contributed by atoms with Crippen molar-refractivity contribution < 1.29 is 9.31 Å². The van der Waals surface area contributed by atoms with E-state index in [1.54, 1.807) is 25.2 Å². The van der Waals surface area contributed by atoms with E-state index in [1.807, 2.05) is 0 Å². The number of hydrogen-bond donors (Lipinski definition) is 1. The largest absolute Gasteiger partial charge is 0.316 e. The summed E-state index contributed by atoms with van der Waals surface area (Å²) in [5.74, 6) is -0.320. The maximum Gasteiger partial charge on any atom is 0.270 e. The molecule has 98 valence electrons. The quantitative estimate of drug-likeness (QED) is 0.678. The fraction of sp³-hybridized carbons (Fsp3) is 0.143. The lowest BCUT2D eigenvalue weighted by Gasteiger charge is -2.09. The molecule has 2 aromatic carbocycles. The zero-order valence-corrected chi connectivity index (χ0v) is 10.4. The minimum absolute atomic E-state index is 0.0252. The predicted molar refractivity (Wildman–Crippen MR) is 71.3 cm³/mol. The highest BCUT2D eigenvalue weighted by molar-refractivity contribution is 5.69. The molecule has 4 nitrogen and oxygen atoms in total. The van der Waals surface area contributed by atoms with Crippen LogP contribution in [0, 0.1) is 15.9 Å². The summed E-state index contributed by atoms with van der Waals surface area (Å²) < 4.78 is 13.3. The van der Waals surface area contributed by atoms with E-state index in [2.05, 4.69) is 5.32 Å². The summed E-state index contributed by atoms with van der Waals surface area (Å²) in [6.07, 6.45) is 0. The Morgan fingerprint density at radius 1 is 1.26 bits per heavy atom. The lowest BCUT2D eigenvalue weighted by Crippen LogP contribution is -2.06. The third-order valence-corrected chi connectivity index (χ3v) is 2.80. The van der Waals surface area contributed by atoms with Crippen molar-refractivity contribution >= 4 is 5.69 Å². The highest BCUT2D eigenvalue weighted by Crippen LogP contribution is 2.27. The molecule has 0 atom stereocenters. The van der Waals surface area contributed by atoms with E-state index in [0.29, 0.717) is 12.1 Å². The summed E-state index contributed by atoms with van der Waals surface area (Å²) in [4.78, 5) is 10.3. The first-order valence-electron chi connectivity index (χ1n) is 5.79. The van der Waals surface area contributed by atoms with E-state index in [4.69, 9.17) is 0 Å². The van der Waals surface area contributed by atoms with Crippen LogP contribution in [0.3, 0.4) is 0 Å². The topological polar surface area (TPSA) is 55.2 Å². The first-order valence-corrected chi connectivity index (χ1v) is 5.79. The van der Waals surface area contributed by atoms with E-state index in [9.17, 15) is 14.5 Å². The molecule has 2 rings (SSSR count). The first-order chi connectivity index (χ1) is 9.11. The number of non-ortho nitro benzene ring substituents is 1. The molecule has 5 heteroatoms. The number of benzene rings is 2. The molecule has 0 saturated carbocycles. The standard InChI is InChI=1S/C14H13FN2O2/c1-16-9-11-7-12(15)5-6-14(11)10-3-2-4-13(8-10)17(18)19/h2-8,16H,9H2,1H3. The highest BCUT2D eigenvalue weighted by atomic mass is 19.1. The predicted octanol–water partition coefficient (Wildman–Crippen LogP) is 3.12. The Balaban J connectivity index is 2.51. The van der Waals surface area contributed by atoms with Crippen LogP contribution in [0.5, 0.6) is 0 Å². The number of rotatable bonds is 4. The van der Waals surface area contributed by atoms with Crippen LogP contribution in [0.4, 0.5) is 10.1 Å². The molecule has 0 aliphatic carbocycles. The molecular weight excluding hydrogens is 247 g/mol. The van der Waals surface area contributed by atoms with Crippen LogP contribution in [0.15, 0.2) is 42.5 Å². The van der Waals surface area contributed by atoms with Crippen molar-refractivity contribution in [3.8, 4) is 11.1 Å². The molecule has 0 amide bonds. The SMILES string of the molecule is CNCc1cc(F)ccc1-c1cccc([N+](=O)[O-])c1. The fourth-order valence-corrected chi connectivity index (χ4v) is 1.97. The molecule has 0 aliphatic heterocycles. The second-order valence-corrected chi connectivity index (χ2v) is 4.14. The first kappa shape index (κ1) is 13.2. The highest BCUT2D eigenvalue weighted by Gasteiger charge is 2.10. The zero-order valence-electron chi connectivity index (χ0n) is 10.4. The number of halogens is 1. The van der Waals surface area contributed by atoms with Gasteiger partial charge in [-0.15, -0.1) is 0 Å². The Kier molecular flexibility index (Phi) is 3.87. The lowest BCUT2D eigenvalue weighted by molar-refractivity contribution is -0.384. The van der Waals surface area contributed by atoms with Gasteiger partial charge in [-0.25, -0.2) is 4.39 Å². The van der Waals surface area contributed by atoms with Gasteiger partial charge in [-0.2, -0.15) is 0 Å². The Morgan fingerprint density at radius 3 is 2.74 bits per heavy atom. The number of nitrogens with zero attached hydrogens (tertiary/aromatic N) is 1. The molecule has 19 heavy (non-hydrogen) atoms. The second kappa shape index (κ2) is 5.58. The summed E-state index contributed by atoms with van der Waals surface area (Å²) in [6.45, 7) is 0.496. The molecule has 0 radical (unpaired) electrons. The van der Waals surface area contributed by atoms with Gasteiger partial charge >= 0.3 is 0 Å². The smallest absolute Gasteiger partial charge is 0.270 e. The van der Waals surface area contributed by atoms with Crippen molar-refractivity contribution in [2.24, 2.45) is 0 Å². The third-order valence-electron chi connectivity index (χ3n) is 2.80. The van der Waals surface area contributed by atoms with Crippen LogP contribution in [-0.4, -0.2) is 12.0 Å². The van der Waals surface area contributed by atoms with Crippen LogP contribution in [0.25, 0.3) is 11.1 Å². The summed E-state index contributed by atoms with van der Waals surface area (Å²) in [5.41, 5.74) is 2.29. The van der Waals surface area contributed by atoms with Crippen molar-refractivity contribution in [3.63, 3.8) is 0 Å². The Labute approximate surface area is 110 Å². The van der Waals surface area contributed by atoms with Crippen molar-refractivity contribution in [1.82, 2.24) is 5.32 Å². The van der Waals surface area contributed by atoms with Crippen LogP contribution in [0.1, 0.15) is 5.56 Å². The third kappa shape index (κ3) is 2.95. The van der Waals surface area contributed by atoms with E-state index in [0.717, 1.165) is 11.1 Å². The van der Waals surface area contributed by atoms with Crippen molar-refractivity contribution in [2.75, 3.05) is 7.05 Å². The Morgan fingerprint density at radius 2 is 2.05 bits per heavy atom. The minimum Gasteiger partial charge on any atom is -0.316 e. The molecule has 0 saturated heterocycles. The van der Waals surface area contributed by atoms with Gasteiger partial charge in [0.05, 0.1) is 4.92 Å². The van der Waals surface area contributed by atoms with Gasteiger partial charge in [0.15, 0.2) is 0 Å². The maximum absolute atomic E-state index is 13.3. The van der Waals surface area contributed by atoms with Crippen molar-refractivity contribution in [2.45, 2.75) is 6.54 Å². The van der Waals surface area contributed by atoms with Crippen molar-refractivity contribution in [3.05, 3.63) is 64.0 Å². The van der Waals surface area contributed by atoms with Crippen LogP contribution in [-0.2, 0) is 6.54 Å². The fourth-order valence-electron chi connectivity index (χ4n) is 1.97. The minimum atomic E-state index is -0.440. The van der Waals surface area contributed by atoms with Gasteiger partial charge in [0.25, 0.3) is 5.69 Å². The van der Waals surface area contributed by atoms with Gasteiger partial charge in [-0.05, 0) is 35.9 Å². The number of nitrogens with one attached hydrogen (secondary N) is 1.